The van der Waals surface area contributed by atoms with E-state index in [2.05, 4.69) is 9.97 Å². The Bertz CT molecular complexity index is 773. The number of ether oxygens (including phenoxy) is 1. The predicted octanol–water partition coefficient (Wildman–Crippen LogP) is 3.66. The Hall–Kier alpha value is -2.33. The number of aromatic hydroxyl groups is 1. The van der Waals surface area contributed by atoms with E-state index in [-0.39, 0.29) is 5.75 Å². The van der Waals surface area contributed by atoms with E-state index in [0.717, 1.165) is 10.9 Å². The first-order valence-corrected chi connectivity index (χ1v) is 6.36. The van der Waals surface area contributed by atoms with Crippen LogP contribution in [-0.4, -0.2) is 22.2 Å². The number of hydrogen-bond acceptors (Lipinski definition) is 4. The van der Waals surface area contributed by atoms with Gasteiger partial charge in [-0.05, 0) is 36.4 Å². The summed E-state index contributed by atoms with van der Waals surface area (Å²) >= 11 is 6.18. The third kappa shape index (κ3) is 2.14. The highest BCUT2D eigenvalue weighted by atomic mass is 35.5. The lowest BCUT2D eigenvalue weighted by molar-refractivity contribution is 0.403. The molecule has 0 spiro atoms. The van der Waals surface area contributed by atoms with E-state index in [4.69, 9.17) is 16.3 Å². The van der Waals surface area contributed by atoms with Gasteiger partial charge in [-0.25, -0.2) is 4.98 Å². The van der Waals surface area contributed by atoms with Crippen molar-refractivity contribution in [2.24, 2.45) is 0 Å². The zero-order valence-electron chi connectivity index (χ0n) is 10.7. The molecular weight excluding hydrogens is 276 g/mol. The number of phenolic OH excluding ortho intramolecular Hbond substituents is 1. The first kappa shape index (κ1) is 12.7. The van der Waals surface area contributed by atoms with E-state index in [9.17, 15) is 5.11 Å². The van der Waals surface area contributed by atoms with Crippen molar-refractivity contribution in [3.8, 4) is 23.0 Å². The normalized spacial score (nSPS) is 10.7. The molecule has 2 aromatic carbocycles. The minimum atomic E-state index is 0.194. The number of nitrogens with zero attached hydrogens (tertiary/aromatic N) is 2. The van der Waals surface area contributed by atoms with Gasteiger partial charge in [-0.15, -0.1) is 0 Å². The van der Waals surface area contributed by atoms with Crippen molar-refractivity contribution < 1.29 is 9.84 Å². The zero-order valence-corrected chi connectivity index (χ0v) is 11.4. The molecule has 0 saturated heterocycles. The maximum absolute atomic E-state index is 9.33. The standard InChI is InChI=1S/C15H11ClN2O2/c1-20-15-11-3-2-4-12(16)13(11)17-14(18-15)9-5-7-10(19)8-6-9/h2-8,19H,1H3. The number of hydrogen-bond donors (Lipinski definition) is 1. The summed E-state index contributed by atoms with van der Waals surface area (Å²) in [5, 5.41) is 10.6. The minimum absolute atomic E-state index is 0.194. The number of phenols is 1. The van der Waals surface area contributed by atoms with Gasteiger partial charge in [-0.3, -0.25) is 0 Å². The Morgan fingerprint density at radius 3 is 2.50 bits per heavy atom. The molecule has 0 aliphatic rings. The minimum Gasteiger partial charge on any atom is -0.508 e. The third-order valence-electron chi connectivity index (χ3n) is 2.96. The molecule has 3 aromatic rings. The molecule has 100 valence electrons. The highest BCUT2D eigenvalue weighted by molar-refractivity contribution is 6.35. The molecule has 0 saturated carbocycles. The summed E-state index contributed by atoms with van der Waals surface area (Å²) in [5.41, 5.74) is 1.42. The fourth-order valence-electron chi connectivity index (χ4n) is 1.98. The second-order valence-electron chi connectivity index (χ2n) is 4.24. The Morgan fingerprint density at radius 2 is 1.80 bits per heavy atom. The largest absolute Gasteiger partial charge is 0.508 e. The van der Waals surface area contributed by atoms with Crippen molar-refractivity contribution in [2.45, 2.75) is 0 Å². The van der Waals surface area contributed by atoms with Crippen LogP contribution in [0.15, 0.2) is 42.5 Å². The molecule has 5 heteroatoms. The predicted molar refractivity (Wildman–Crippen MR) is 78.2 cm³/mol. The van der Waals surface area contributed by atoms with E-state index in [1.807, 2.05) is 12.1 Å². The van der Waals surface area contributed by atoms with Crippen molar-refractivity contribution in [3.63, 3.8) is 0 Å². The van der Waals surface area contributed by atoms with E-state index in [1.54, 1.807) is 37.4 Å². The van der Waals surface area contributed by atoms with Crippen LogP contribution in [0, 0.1) is 0 Å². The highest BCUT2D eigenvalue weighted by Crippen LogP contribution is 2.30. The highest BCUT2D eigenvalue weighted by Gasteiger charge is 2.11. The van der Waals surface area contributed by atoms with Gasteiger partial charge in [0, 0.05) is 5.56 Å². The average molecular weight is 287 g/mol. The summed E-state index contributed by atoms with van der Waals surface area (Å²) in [5.74, 6) is 1.17. The Morgan fingerprint density at radius 1 is 1.05 bits per heavy atom. The Labute approximate surface area is 120 Å². The van der Waals surface area contributed by atoms with Gasteiger partial charge in [0.05, 0.1) is 23.0 Å². The van der Waals surface area contributed by atoms with Crippen LogP contribution in [0.4, 0.5) is 0 Å². The van der Waals surface area contributed by atoms with Crippen LogP contribution >= 0.6 is 11.6 Å². The first-order valence-electron chi connectivity index (χ1n) is 5.98. The molecule has 0 unspecified atom stereocenters. The molecule has 3 rings (SSSR count). The molecule has 0 aliphatic carbocycles. The third-order valence-corrected chi connectivity index (χ3v) is 3.27. The fourth-order valence-corrected chi connectivity index (χ4v) is 2.20. The number of methoxy groups -OCH3 is 1. The smallest absolute Gasteiger partial charge is 0.224 e. The topological polar surface area (TPSA) is 55.2 Å². The van der Waals surface area contributed by atoms with E-state index < -0.39 is 0 Å². The van der Waals surface area contributed by atoms with Gasteiger partial charge >= 0.3 is 0 Å². The van der Waals surface area contributed by atoms with Crippen molar-refractivity contribution in [1.29, 1.82) is 0 Å². The first-order chi connectivity index (χ1) is 9.69. The van der Waals surface area contributed by atoms with Crippen LogP contribution in [0.1, 0.15) is 0 Å². The monoisotopic (exact) mass is 286 g/mol. The average Bonchev–Trinajstić information content (AvgIpc) is 2.47. The maximum Gasteiger partial charge on any atom is 0.224 e. The summed E-state index contributed by atoms with van der Waals surface area (Å²) in [6.45, 7) is 0. The van der Waals surface area contributed by atoms with Gasteiger partial charge in [-0.1, -0.05) is 17.7 Å². The Kier molecular flexibility index (Phi) is 3.16. The van der Waals surface area contributed by atoms with Gasteiger partial charge in [0.15, 0.2) is 5.82 Å². The van der Waals surface area contributed by atoms with E-state index in [1.165, 1.54) is 0 Å². The number of para-hydroxylation sites is 1. The van der Waals surface area contributed by atoms with Crippen molar-refractivity contribution >= 4 is 22.5 Å². The number of halogens is 1. The summed E-state index contributed by atoms with van der Waals surface area (Å²) < 4.78 is 5.31. The molecule has 4 nitrogen and oxygen atoms in total. The molecule has 0 atom stereocenters. The molecule has 1 N–H and O–H groups in total. The van der Waals surface area contributed by atoms with Crippen LogP contribution in [0.5, 0.6) is 11.6 Å². The lowest BCUT2D eigenvalue weighted by Gasteiger charge is -2.08. The molecule has 0 radical (unpaired) electrons. The summed E-state index contributed by atoms with van der Waals surface area (Å²) in [4.78, 5) is 8.87. The molecule has 1 heterocycles. The number of fused-ring (bicyclic) bond motifs is 1. The van der Waals surface area contributed by atoms with Crippen LogP contribution in [0.3, 0.4) is 0 Å². The van der Waals surface area contributed by atoms with Crippen LogP contribution in [-0.2, 0) is 0 Å². The zero-order chi connectivity index (χ0) is 14.1. The van der Waals surface area contributed by atoms with Crippen molar-refractivity contribution in [3.05, 3.63) is 47.5 Å². The molecule has 0 amide bonds. The number of rotatable bonds is 2. The second kappa shape index (κ2) is 4.98. The van der Waals surface area contributed by atoms with Gasteiger partial charge < -0.3 is 9.84 Å². The van der Waals surface area contributed by atoms with E-state index in [0.29, 0.717) is 22.2 Å². The molecule has 20 heavy (non-hydrogen) atoms. The van der Waals surface area contributed by atoms with Crippen molar-refractivity contribution in [1.82, 2.24) is 9.97 Å². The molecule has 0 aliphatic heterocycles. The number of benzene rings is 2. The maximum atomic E-state index is 9.33. The quantitative estimate of drug-likeness (QED) is 0.781. The molecule has 1 aromatic heterocycles. The SMILES string of the molecule is COc1nc(-c2ccc(O)cc2)nc2c(Cl)cccc12. The van der Waals surface area contributed by atoms with Gasteiger partial charge in [0.2, 0.25) is 5.88 Å². The summed E-state index contributed by atoms with van der Waals surface area (Å²) in [7, 11) is 1.56. The lowest BCUT2D eigenvalue weighted by atomic mass is 10.2. The van der Waals surface area contributed by atoms with Crippen LogP contribution < -0.4 is 4.74 Å². The molecule has 0 bridgehead atoms. The number of aromatic nitrogens is 2. The lowest BCUT2D eigenvalue weighted by Crippen LogP contribution is -1.96. The summed E-state index contributed by atoms with van der Waals surface area (Å²) in [6, 6.07) is 12.1. The molecule has 0 fully saturated rings. The second-order valence-corrected chi connectivity index (χ2v) is 4.65. The Balaban J connectivity index is 2.27. The van der Waals surface area contributed by atoms with E-state index >= 15 is 0 Å². The summed E-state index contributed by atoms with van der Waals surface area (Å²) in [6.07, 6.45) is 0. The van der Waals surface area contributed by atoms with Crippen LogP contribution in [0.25, 0.3) is 22.3 Å². The van der Waals surface area contributed by atoms with Crippen molar-refractivity contribution in [2.75, 3.05) is 7.11 Å². The van der Waals surface area contributed by atoms with Crippen LogP contribution in [0.2, 0.25) is 5.02 Å². The molecular formula is C15H11ClN2O2. The van der Waals surface area contributed by atoms with Gasteiger partial charge in [-0.2, -0.15) is 4.98 Å². The van der Waals surface area contributed by atoms with Gasteiger partial charge in [0.1, 0.15) is 5.75 Å². The van der Waals surface area contributed by atoms with Gasteiger partial charge in [0.25, 0.3) is 0 Å². The fraction of sp³-hybridized carbons (Fsp3) is 0.0667.